The summed E-state index contributed by atoms with van der Waals surface area (Å²) in [4.78, 5) is 24.9. The minimum Gasteiger partial charge on any atom is -0.481 e. The van der Waals surface area contributed by atoms with Crippen molar-refractivity contribution < 1.29 is 24.3 Å². The molecule has 0 aromatic heterocycles. The number of aliphatic imine (C=N–C) groups is 1. The quantitative estimate of drug-likeness (QED) is 0.582. The van der Waals surface area contributed by atoms with Crippen molar-refractivity contribution in [3.63, 3.8) is 0 Å². The lowest BCUT2D eigenvalue weighted by Crippen LogP contribution is -2.50. The van der Waals surface area contributed by atoms with Gasteiger partial charge in [-0.1, -0.05) is 0 Å². The summed E-state index contributed by atoms with van der Waals surface area (Å²) in [5.74, 6) is -1.84. The SMILES string of the molecule is O=C(O)CC[N+]1(CC(=O)O)C=NCC1. The molecule has 1 unspecified atom stereocenters. The molecule has 78 valence electrons. The zero-order valence-electron chi connectivity index (χ0n) is 7.72. The van der Waals surface area contributed by atoms with E-state index in [0.717, 1.165) is 0 Å². The molecule has 0 aromatic carbocycles. The average molecular weight is 201 g/mol. The van der Waals surface area contributed by atoms with Crippen molar-refractivity contribution in [3.05, 3.63) is 0 Å². The number of aliphatic carboxylic acids is 2. The lowest BCUT2D eigenvalue weighted by atomic mass is 10.3. The van der Waals surface area contributed by atoms with Crippen molar-refractivity contribution in [1.29, 1.82) is 0 Å². The lowest BCUT2D eigenvalue weighted by molar-refractivity contribution is -0.820. The molecule has 1 atom stereocenters. The standard InChI is InChI=1S/C8H12N2O4/c11-7(12)1-3-10(5-8(13)14)4-2-9-6-10/h6H,1-5H2,(H-,11,12,13,14)/p+1. The maximum Gasteiger partial charge on any atom is 0.359 e. The number of carbonyl (C=O) groups is 2. The normalized spacial score (nSPS) is 25.1. The Labute approximate surface area is 81.1 Å². The van der Waals surface area contributed by atoms with Crippen LogP contribution in [0.25, 0.3) is 0 Å². The molecule has 2 N–H and O–H groups in total. The van der Waals surface area contributed by atoms with E-state index in [2.05, 4.69) is 4.99 Å². The molecule has 0 aromatic rings. The summed E-state index contributed by atoms with van der Waals surface area (Å²) < 4.78 is 0.154. The van der Waals surface area contributed by atoms with Crippen LogP contribution in [-0.2, 0) is 9.59 Å². The van der Waals surface area contributed by atoms with E-state index in [1.54, 1.807) is 6.34 Å². The maximum atomic E-state index is 10.6. The number of carboxylic acid groups (broad SMARTS) is 2. The third-order valence-electron chi connectivity index (χ3n) is 2.22. The molecule has 1 heterocycles. The van der Waals surface area contributed by atoms with Crippen molar-refractivity contribution >= 4 is 18.3 Å². The van der Waals surface area contributed by atoms with Crippen molar-refractivity contribution in [2.75, 3.05) is 26.2 Å². The first-order chi connectivity index (χ1) is 6.54. The molecule has 0 amide bonds. The second-order valence-corrected chi connectivity index (χ2v) is 3.38. The predicted octanol–water partition coefficient (Wildman–Crippen LogP) is -0.596. The minimum absolute atomic E-state index is 0.0285. The Bertz CT molecular complexity index is 277. The molecule has 6 heteroatoms. The summed E-state index contributed by atoms with van der Waals surface area (Å²) in [6.07, 6.45) is 1.52. The van der Waals surface area contributed by atoms with E-state index >= 15 is 0 Å². The van der Waals surface area contributed by atoms with Crippen LogP contribution in [-0.4, -0.2) is 59.2 Å². The Balaban J connectivity index is 2.58. The van der Waals surface area contributed by atoms with Crippen LogP contribution in [0.2, 0.25) is 0 Å². The van der Waals surface area contributed by atoms with Crippen molar-refractivity contribution in [2.24, 2.45) is 4.99 Å². The number of hydrogen-bond donors (Lipinski definition) is 2. The third-order valence-corrected chi connectivity index (χ3v) is 2.22. The van der Waals surface area contributed by atoms with Gasteiger partial charge in [-0.05, 0) is 0 Å². The van der Waals surface area contributed by atoms with E-state index in [9.17, 15) is 9.59 Å². The molecule has 0 spiro atoms. The molecule has 14 heavy (non-hydrogen) atoms. The highest BCUT2D eigenvalue weighted by atomic mass is 16.4. The Morgan fingerprint density at radius 1 is 1.36 bits per heavy atom. The maximum absolute atomic E-state index is 10.6. The van der Waals surface area contributed by atoms with E-state index in [1.165, 1.54) is 0 Å². The molecule has 0 saturated heterocycles. The molecular formula is C8H13N2O4+. The fraction of sp³-hybridized carbons (Fsp3) is 0.625. The Morgan fingerprint density at radius 3 is 2.50 bits per heavy atom. The van der Waals surface area contributed by atoms with Crippen LogP contribution in [0.4, 0.5) is 0 Å². The first-order valence-corrected chi connectivity index (χ1v) is 4.34. The van der Waals surface area contributed by atoms with Gasteiger partial charge >= 0.3 is 11.9 Å². The highest BCUT2D eigenvalue weighted by Crippen LogP contribution is 2.10. The van der Waals surface area contributed by atoms with Gasteiger partial charge in [0.05, 0.1) is 19.5 Å². The van der Waals surface area contributed by atoms with E-state index in [4.69, 9.17) is 10.2 Å². The molecule has 0 aliphatic carbocycles. The largest absolute Gasteiger partial charge is 0.481 e. The van der Waals surface area contributed by atoms with Gasteiger partial charge in [0.1, 0.15) is 6.54 Å². The van der Waals surface area contributed by atoms with Crippen molar-refractivity contribution in [3.8, 4) is 0 Å². The topological polar surface area (TPSA) is 87.0 Å². The van der Waals surface area contributed by atoms with Crippen LogP contribution < -0.4 is 0 Å². The van der Waals surface area contributed by atoms with Crippen LogP contribution in [0.15, 0.2) is 4.99 Å². The molecule has 1 rings (SSSR count). The van der Waals surface area contributed by atoms with Gasteiger partial charge in [-0.3, -0.25) is 9.28 Å². The third kappa shape index (κ3) is 2.81. The number of carboxylic acids is 2. The molecule has 1 aliphatic heterocycles. The molecule has 6 nitrogen and oxygen atoms in total. The first-order valence-electron chi connectivity index (χ1n) is 4.34. The van der Waals surface area contributed by atoms with Gasteiger partial charge in [0.15, 0.2) is 12.9 Å². The highest BCUT2D eigenvalue weighted by molar-refractivity contribution is 5.70. The fourth-order valence-electron chi connectivity index (χ4n) is 1.50. The zero-order valence-corrected chi connectivity index (χ0v) is 7.72. The lowest BCUT2D eigenvalue weighted by Gasteiger charge is -2.27. The summed E-state index contributed by atoms with van der Waals surface area (Å²) in [6, 6.07) is 0. The smallest absolute Gasteiger partial charge is 0.359 e. The Morgan fingerprint density at radius 2 is 2.07 bits per heavy atom. The summed E-state index contributed by atoms with van der Waals surface area (Å²) in [5.41, 5.74) is 0. The Hall–Kier alpha value is -1.43. The summed E-state index contributed by atoms with van der Waals surface area (Å²) in [6.45, 7) is 1.37. The second-order valence-electron chi connectivity index (χ2n) is 3.38. The highest BCUT2D eigenvalue weighted by Gasteiger charge is 2.32. The second kappa shape index (κ2) is 4.19. The Kier molecular flexibility index (Phi) is 3.19. The molecule has 0 radical (unpaired) electrons. The van der Waals surface area contributed by atoms with Gasteiger partial charge in [-0.2, -0.15) is 0 Å². The molecule has 0 saturated carbocycles. The van der Waals surface area contributed by atoms with E-state index in [0.29, 0.717) is 19.6 Å². The minimum atomic E-state index is -0.927. The van der Waals surface area contributed by atoms with E-state index in [1.807, 2.05) is 0 Å². The van der Waals surface area contributed by atoms with Crippen LogP contribution in [0.5, 0.6) is 0 Å². The van der Waals surface area contributed by atoms with Crippen LogP contribution in [0, 0.1) is 0 Å². The predicted molar refractivity (Wildman–Crippen MR) is 48.1 cm³/mol. The van der Waals surface area contributed by atoms with E-state index < -0.39 is 11.9 Å². The van der Waals surface area contributed by atoms with Crippen molar-refractivity contribution in [2.45, 2.75) is 6.42 Å². The van der Waals surface area contributed by atoms with Gasteiger partial charge in [-0.15, -0.1) is 0 Å². The van der Waals surface area contributed by atoms with Crippen molar-refractivity contribution in [1.82, 2.24) is 0 Å². The number of nitrogens with zero attached hydrogens (tertiary/aromatic N) is 2. The van der Waals surface area contributed by atoms with Crippen LogP contribution in [0.1, 0.15) is 6.42 Å². The zero-order chi connectivity index (χ0) is 10.6. The molecule has 1 aliphatic rings. The monoisotopic (exact) mass is 201 g/mol. The fourth-order valence-corrected chi connectivity index (χ4v) is 1.50. The van der Waals surface area contributed by atoms with Gasteiger partial charge in [0, 0.05) is 0 Å². The van der Waals surface area contributed by atoms with Crippen LogP contribution >= 0.6 is 0 Å². The number of quaternary nitrogens is 1. The molecule has 0 bridgehead atoms. The van der Waals surface area contributed by atoms with E-state index in [-0.39, 0.29) is 17.4 Å². The number of hydrogen-bond acceptors (Lipinski definition) is 3. The van der Waals surface area contributed by atoms with Gasteiger partial charge < -0.3 is 10.2 Å². The summed E-state index contributed by atoms with van der Waals surface area (Å²) >= 11 is 0. The van der Waals surface area contributed by atoms with Gasteiger partial charge in [-0.25, -0.2) is 9.79 Å². The molecule has 0 fully saturated rings. The summed E-state index contributed by atoms with van der Waals surface area (Å²) in [7, 11) is 0. The van der Waals surface area contributed by atoms with Gasteiger partial charge in [0.2, 0.25) is 0 Å². The number of rotatable bonds is 5. The first kappa shape index (κ1) is 10.6. The molecular weight excluding hydrogens is 188 g/mol. The average Bonchev–Trinajstić information content (AvgIpc) is 2.49. The van der Waals surface area contributed by atoms with Gasteiger partial charge in [0.25, 0.3) is 0 Å². The van der Waals surface area contributed by atoms with Crippen LogP contribution in [0.3, 0.4) is 0 Å². The summed E-state index contributed by atoms with van der Waals surface area (Å²) in [5, 5.41) is 17.2.